The van der Waals surface area contributed by atoms with Gasteiger partial charge in [0.2, 0.25) is 5.91 Å². The lowest BCUT2D eigenvalue weighted by molar-refractivity contribution is -0.117. The molecular formula is C28H31ClN4O3. The van der Waals surface area contributed by atoms with Crippen LogP contribution in [0, 0.1) is 5.92 Å². The predicted octanol–water partition coefficient (Wildman–Crippen LogP) is 4.35. The van der Waals surface area contributed by atoms with Crippen LogP contribution in [-0.4, -0.2) is 63.8 Å². The van der Waals surface area contributed by atoms with Gasteiger partial charge in [0.05, 0.1) is 24.9 Å². The second kappa shape index (κ2) is 9.38. The molecule has 2 unspecified atom stereocenters. The van der Waals surface area contributed by atoms with Gasteiger partial charge in [-0.1, -0.05) is 17.7 Å². The van der Waals surface area contributed by atoms with Gasteiger partial charge in [-0.15, -0.1) is 0 Å². The van der Waals surface area contributed by atoms with E-state index < -0.39 is 6.10 Å². The molecule has 188 valence electrons. The van der Waals surface area contributed by atoms with E-state index in [0.717, 1.165) is 59.3 Å². The maximum absolute atomic E-state index is 12.8. The number of anilines is 1. The van der Waals surface area contributed by atoms with Crippen molar-refractivity contribution in [2.75, 3.05) is 31.6 Å². The van der Waals surface area contributed by atoms with Crippen molar-refractivity contribution in [1.82, 2.24) is 14.9 Å². The van der Waals surface area contributed by atoms with Crippen molar-refractivity contribution in [2.45, 2.75) is 49.7 Å². The van der Waals surface area contributed by atoms with Gasteiger partial charge in [0.1, 0.15) is 5.82 Å². The molecule has 0 spiro atoms. The van der Waals surface area contributed by atoms with Crippen LogP contribution in [0.1, 0.15) is 49.1 Å². The van der Waals surface area contributed by atoms with Crippen LogP contribution in [0.3, 0.4) is 0 Å². The topological polar surface area (TPSA) is 87.6 Å². The zero-order valence-corrected chi connectivity index (χ0v) is 21.1. The number of hydrogen-bond donors (Lipinski definition) is 2. The van der Waals surface area contributed by atoms with Crippen LogP contribution < -0.4 is 5.32 Å². The van der Waals surface area contributed by atoms with Crippen LogP contribution in [0.2, 0.25) is 5.02 Å². The molecule has 2 saturated heterocycles. The number of piperidine rings is 1. The van der Waals surface area contributed by atoms with E-state index in [1.54, 1.807) is 12.4 Å². The van der Waals surface area contributed by atoms with Gasteiger partial charge >= 0.3 is 0 Å². The summed E-state index contributed by atoms with van der Waals surface area (Å²) in [5, 5.41) is 16.2. The Hall–Kier alpha value is -2.58. The molecule has 3 fully saturated rings. The standard InChI is InChI=1S/C28H31ClN4O3/c1-28(16-36-15-25(28)34)33-7-4-17(5-8-33)22-9-19-11-26(31-14-20(19)10-24(22)29)32-27(35)23-12-21(23)18-3-2-6-30-13-18/h2-3,6,9-11,13-14,17,21,23,25,34H,4-5,7-8,12,15-16H2,1H3,(H,31,32,35)/t21?,23?,25-,28+/m1/s1. The number of hydrogen-bond acceptors (Lipinski definition) is 6. The SMILES string of the molecule is C[C@]1(N2CCC(c3cc4cc(NC(=O)C5CC5c5cccnc5)ncc4cc3Cl)CC2)COC[C@H]1O. The summed E-state index contributed by atoms with van der Waals surface area (Å²) < 4.78 is 5.54. The lowest BCUT2D eigenvalue weighted by Gasteiger charge is -2.43. The maximum Gasteiger partial charge on any atom is 0.229 e. The molecule has 2 N–H and O–H groups in total. The number of halogens is 1. The van der Waals surface area contributed by atoms with Gasteiger partial charge in [-0.2, -0.15) is 0 Å². The van der Waals surface area contributed by atoms with E-state index in [1.165, 1.54) is 0 Å². The largest absolute Gasteiger partial charge is 0.389 e. The van der Waals surface area contributed by atoms with E-state index >= 15 is 0 Å². The Bertz CT molecular complexity index is 1280. The van der Waals surface area contributed by atoms with Gasteiger partial charge in [0.25, 0.3) is 0 Å². The number of carbonyl (C=O) groups is 1. The fourth-order valence-electron chi connectivity index (χ4n) is 5.89. The minimum Gasteiger partial charge on any atom is -0.389 e. The highest BCUT2D eigenvalue weighted by atomic mass is 35.5. The molecule has 8 heteroatoms. The summed E-state index contributed by atoms with van der Waals surface area (Å²) in [7, 11) is 0. The average molecular weight is 507 g/mol. The van der Waals surface area contributed by atoms with Crippen LogP contribution in [-0.2, 0) is 9.53 Å². The molecule has 7 nitrogen and oxygen atoms in total. The minimum atomic E-state index is -0.449. The summed E-state index contributed by atoms with van der Waals surface area (Å²) in [5.74, 6) is 1.11. The maximum atomic E-state index is 12.8. The summed E-state index contributed by atoms with van der Waals surface area (Å²) in [6, 6.07) is 10.0. The molecule has 0 radical (unpaired) electrons. The zero-order valence-electron chi connectivity index (χ0n) is 20.4. The first-order chi connectivity index (χ1) is 17.4. The summed E-state index contributed by atoms with van der Waals surface area (Å²) in [5.41, 5.74) is 1.94. The van der Waals surface area contributed by atoms with Crippen LogP contribution in [0.15, 0.2) is 48.9 Å². The van der Waals surface area contributed by atoms with E-state index in [4.69, 9.17) is 16.3 Å². The number of aliphatic hydroxyl groups excluding tert-OH is 1. The van der Waals surface area contributed by atoms with Crippen molar-refractivity contribution >= 4 is 34.1 Å². The molecule has 1 aliphatic carbocycles. The Morgan fingerprint density at radius 3 is 2.78 bits per heavy atom. The number of pyridine rings is 2. The molecule has 1 amide bonds. The van der Waals surface area contributed by atoms with Gasteiger partial charge in [0.15, 0.2) is 0 Å². The molecule has 36 heavy (non-hydrogen) atoms. The molecule has 0 bridgehead atoms. The average Bonchev–Trinajstić information content (AvgIpc) is 3.63. The Morgan fingerprint density at radius 2 is 2.06 bits per heavy atom. The number of rotatable bonds is 5. The molecule has 1 saturated carbocycles. The van der Waals surface area contributed by atoms with E-state index in [1.807, 2.05) is 30.5 Å². The zero-order chi connectivity index (χ0) is 24.9. The molecule has 3 aliphatic rings. The van der Waals surface area contributed by atoms with E-state index in [-0.39, 0.29) is 23.3 Å². The third kappa shape index (κ3) is 4.39. The Balaban J connectivity index is 1.15. The number of nitrogens with zero attached hydrogens (tertiary/aromatic N) is 3. The highest BCUT2D eigenvalue weighted by Crippen LogP contribution is 2.47. The molecule has 1 aromatic carbocycles. The van der Waals surface area contributed by atoms with E-state index in [0.29, 0.717) is 24.9 Å². The van der Waals surface area contributed by atoms with Crippen molar-refractivity contribution in [3.8, 4) is 0 Å². The third-order valence-electron chi connectivity index (χ3n) is 8.37. The molecule has 4 atom stereocenters. The molecule has 3 aromatic rings. The van der Waals surface area contributed by atoms with Crippen molar-refractivity contribution in [1.29, 1.82) is 0 Å². The number of ether oxygens (including phenoxy) is 1. The van der Waals surface area contributed by atoms with Crippen LogP contribution >= 0.6 is 11.6 Å². The summed E-state index contributed by atoms with van der Waals surface area (Å²) in [6.45, 7) is 4.86. The monoisotopic (exact) mass is 506 g/mol. The Labute approximate surface area is 215 Å². The Morgan fingerprint density at radius 1 is 1.22 bits per heavy atom. The van der Waals surface area contributed by atoms with Gasteiger partial charge in [0, 0.05) is 34.9 Å². The third-order valence-corrected chi connectivity index (χ3v) is 8.70. The lowest BCUT2D eigenvalue weighted by atomic mass is 9.85. The second-order valence-corrected chi connectivity index (χ2v) is 11.1. The van der Waals surface area contributed by atoms with Crippen LogP contribution in [0.4, 0.5) is 5.82 Å². The van der Waals surface area contributed by atoms with Gasteiger partial charge < -0.3 is 15.2 Å². The quantitative estimate of drug-likeness (QED) is 0.535. The smallest absolute Gasteiger partial charge is 0.229 e. The first-order valence-corrected chi connectivity index (χ1v) is 13.1. The summed E-state index contributed by atoms with van der Waals surface area (Å²) in [4.78, 5) is 23.8. The highest BCUT2D eigenvalue weighted by Gasteiger charge is 2.45. The van der Waals surface area contributed by atoms with E-state index in [9.17, 15) is 9.90 Å². The van der Waals surface area contributed by atoms with Crippen molar-refractivity contribution in [3.05, 3.63) is 65.1 Å². The van der Waals surface area contributed by atoms with Crippen molar-refractivity contribution < 1.29 is 14.6 Å². The molecule has 6 rings (SSSR count). The minimum absolute atomic E-state index is 0.00355. The lowest BCUT2D eigenvalue weighted by Crippen LogP contribution is -2.56. The number of aliphatic hydroxyl groups is 1. The normalized spacial score (nSPS) is 28.9. The first kappa shape index (κ1) is 23.8. The summed E-state index contributed by atoms with van der Waals surface area (Å²) in [6.07, 6.45) is 7.70. The van der Waals surface area contributed by atoms with Gasteiger partial charge in [-0.05, 0) is 91.9 Å². The molecular weight excluding hydrogens is 476 g/mol. The van der Waals surface area contributed by atoms with Crippen molar-refractivity contribution in [3.63, 3.8) is 0 Å². The Kier molecular flexibility index (Phi) is 6.20. The molecule has 4 heterocycles. The first-order valence-electron chi connectivity index (χ1n) is 12.7. The van der Waals surface area contributed by atoms with E-state index in [2.05, 4.69) is 33.2 Å². The number of amides is 1. The number of aromatic nitrogens is 2. The van der Waals surface area contributed by atoms with Crippen LogP contribution in [0.5, 0.6) is 0 Å². The fraction of sp³-hybridized carbons (Fsp3) is 0.464. The summed E-state index contributed by atoms with van der Waals surface area (Å²) >= 11 is 6.72. The van der Waals surface area contributed by atoms with Gasteiger partial charge in [-0.25, -0.2) is 4.98 Å². The highest BCUT2D eigenvalue weighted by molar-refractivity contribution is 6.32. The number of nitrogens with one attached hydrogen (secondary N) is 1. The number of fused-ring (bicyclic) bond motifs is 1. The molecule has 2 aromatic heterocycles. The number of benzene rings is 1. The second-order valence-electron chi connectivity index (χ2n) is 10.7. The predicted molar refractivity (Wildman–Crippen MR) is 139 cm³/mol. The van der Waals surface area contributed by atoms with Gasteiger partial charge in [-0.3, -0.25) is 14.7 Å². The van der Waals surface area contributed by atoms with Crippen molar-refractivity contribution in [2.24, 2.45) is 5.92 Å². The van der Waals surface area contributed by atoms with Crippen LogP contribution in [0.25, 0.3) is 10.8 Å². The number of likely N-dealkylation sites (tertiary alicyclic amines) is 1. The fourth-order valence-corrected chi connectivity index (χ4v) is 6.21. The number of carbonyl (C=O) groups excluding carboxylic acids is 1. The molecule has 2 aliphatic heterocycles.